The number of nitrogens with two attached hydrogens (primary N) is 1. The van der Waals surface area contributed by atoms with Gasteiger partial charge in [0.25, 0.3) is 0 Å². The lowest BCUT2D eigenvalue weighted by molar-refractivity contribution is 0.589. The topological polar surface area (TPSA) is 41.3 Å². The average molecular weight is 231 g/mol. The molecule has 0 aliphatic carbocycles. The molecule has 3 N–H and O–H groups in total. The lowest BCUT2D eigenvalue weighted by atomic mass is 10.0. The number of piperazine rings is 1. The van der Waals surface area contributed by atoms with E-state index in [0.29, 0.717) is 0 Å². The molecule has 1 aromatic carbocycles. The second-order valence-corrected chi connectivity index (χ2v) is 4.33. The highest BCUT2D eigenvalue weighted by Crippen LogP contribution is 2.21. The van der Waals surface area contributed by atoms with Crippen LogP contribution in [-0.2, 0) is 0 Å². The van der Waals surface area contributed by atoms with E-state index in [-0.39, 0.29) is 0 Å². The first kappa shape index (κ1) is 12.0. The highest BCUT2D eigenvalue weighted by molar-refractivity contribution is 5.67. The second kappa shape index (κ2) is 5.73. The van der Waals surface area contributed by atoms with Crippen LogP contribution >= 0.6 is 0 Å². The molecule has 0 bridgehead atoms. The van der Waals surface area contributed by atoms with Crippen LogP contribution in [-0.4, -0.2) is 26.2 Å². The minimum atomic E-state index is 0.976. The molecule has 0 spiro atoms. The van der Waals surface area contributed by atoms with Gasteiger partial charge in [-0.1, -0.05) is 19.1 Å². The molecule has 1 heterocycles. The highest BCUT2D eigenvalue weighted by atomic mass is 15.2. The average Bonchev–Trinajstić information content (AvgIpc) is 2.42. The molecule has 0 unspecified atom stereocenters. The normalized spacial score (nSPS) is 17.2. The molecular formula is C14H21N3. The summed E-state index contributed by atoms with van der Waals surface area (Å²) in [5.41, 5.74) is 9.36. The standard InChI is InChI=1S/C14H21N3/c1-2-12(11-15)13-3-5-14(6-4-13)17-9-7-16-8-10-17/h3-6,11,16H,2,7-10,15H2,1H3/b12-11+. The third kappa shape index (κ3) is 2.80. The summed E-state index contributed by atoms with van der Waals surface area (Å²) < 4.78 is 0. The van der Waals surface area contributed by atoms with Gasteiger partial charge in [0.2, 0.25) is 0 Å². The number of nitrogens with zero attached hydrogens (tertiary/aromatic N) is 1. The fourth-order valence-electron chi connectivity index (χ4n) is 2.23. The Labute approximate surface area is 103 Å². The summed E-state index contributed by atoms with van der Waals surface area (Å²) >= 11 is 0. The summed E-state index contributed by atoms with van der Waals surface area (Å²) in [5.74, 6) is 0. The summed E-state index contributed by atoms with van der Waals surface area (Å²) in [6.45, 7) is 6.46. The van der Waals surface area contributed by atoms with Crippen molar-refractivity contribution >= 4 is 11.3 Å². The first-order valence-corrected chi connectivity index (χ1v) is 6.32. The van der Waals surface area contributed by atoms with Gasteiger partial charge in [-0.25, -0.2) is 0 Å². The van der Waals surface area contributed by atoms with Crippen LogP contribution in [0, 0.1) is 0 Å². The summed E-state index contributed by atoms with van der Waals surface area (Å²) in [7, 11) is 0. The SMILES string of the molecule is CC/C(=C\N)c1ccc(N2CCNCC2)cc1. The molecule has 0 saturated carbocycles. The van der Waals surface area contributed by atoms with Crippen molar-refractivity contribution in [3.05, 3.63) is 36.0 Å². The summed E-state index contributed by atoms with van der Waals surface area (Å²) in [5, 5.41) is 3.37. The Morgan fingerprint density at radius 3 is 2.47 bits per heavy atom. The van der Waals surface area contributed by atoms with Gasteiger partial charge < -0.3 is 16.0 Å². The smallest absolute Gasteiger partial charge is 0.0367 e. The molecule has 2 rings (SSSR count). The Morgan fingerprint density at radius 1 is 1.29 bits per heavy atom. The fourth-order valence-corrected chi connectivity index (χ4v) is 2.23. The van der Waals surface area contributed by atoms with Gasteiger partial charge in [0.05, 0.1) is 0 Å². The molecule has 92 valence electrons. The van der Waals surface area contributed by atoms with E-state index in [9.17, 15) is 0 Å². The molecule has 17 heavy (non-hydrogen) atoms. The van der Waals surface area contributed by atoms with E-state index in [1.54, 1.807) is 6.20 Å². The Kier molecular flexibility index (Phi) is 4.04. The molecule has 0 radical (unpaired) electrons. The van der Waals surface area contributed by atoms with E-state index >= 15 is 0 Å². The van der Waals surface area contributed by atoms with Crippen LogP contribution < -0.4 is 16.0 Å². The summed E-state index contributed by atoms with van der Waals surface area (Å²) in [6, 6.07) is 8.72. The van der Waals surface area contributed by atoms with Crippen LogP contribution in [0.1, 0.15) is 18.9 Å². The van der Waals surface area contributed by atoms with Crippen molar-refractivity contribution in [1.29, 1.82) is 0 Å². The number of hydrogen-bond donors (Lipinski definition) is 2. The van der Waals surface area contributed by atoms with Crippen molar-refractivity contribution in [3.63, 3.8) is 0 Å². The lowest BCUT2D eigenvalue weighted by Crippen LogP contribution is -2.43. The number of rotatable bonds is 3. The minimum Gasteiger partial charge on any atom is -0.404 e. The lowest BCUT2D eigenvalue weighted by Gasteiger charge is -2.29. The largest absolute Gasteiger partial charge is 0.404 e. The molecule has 0 amide bonds. The molecule has 1 fully saturated rings. The zero-order chi connectivity index (χ0) is 12.1. The van der Waals surface area contributed by atoms with E-state index < -0.39 is 0 Å². The zero-order valence-corrected chi connectivity index (χ0v) is 10.4. The Hall–Kier alpha value is -1.48. The first-order valence-electron chi connectivity index (χ1n) is 6.32. The number of allylic oxidation sites excluding steroid dienone is 1. The van der Waals surface area contributed by atoms with Crippen LogP contribution in [0.3, 0.4) is 0 Å². The summed E-state index contributed by atoms with van der Waals surface area (Å²) in [4.78, 5) is 2.41. The van der Waals surface area contributed by atoms with Crippen molar-refractivity contribution in [2.24, 2.45) is 5.73 Å². The van der Waals surface area contributed by atoms with Crippen molar-refractivity contribution in [2.75, 3.05) is 31.1 Å². The van der Waals surface area contributed by atoms with Crippen molar-refractivity contribution < 1.29 is 0 Å². The maximum Gasteiger partial charge on any atom is 0.0367 e. The van der Waals surface area contributed by atoms with E-state index in [1.807, 2.05) is 0 Å². The van der Waals surface area contributed by atoms with E-state index in [2.05, 4.69) is 41.4 Å². The monoisotopic (exact) mass is 231 g/mol. The minimum absolute atomic E-state index is 0.976. The van der Waals surface area contributed by atoms with Gasteiger partial charge in [0.1, 0.15) is 0 Å². The van der Waals surface area contributed by atoms with Crippen LogP contribution in [0.5, 0.6) is 0 Å². The molecule has 1 saturated heterocycles. The molecular weight excluding hydrogens is 210 g/mol. The highest BCUT2D eigenvalue weighted by Gasteiger charge is 2.10. The number of hydrogen-bond acceptors (Lipinski definition) is 3. The Bertz CT molecular complexity index is 375. The van der Waals surface area contributed by atoms with Crippen LogP contribution in [0.25, 0.3) is 5.57 Å². The molecule has 3 heteroatoms. The zero-order valence-electron chi connectivity index (χ0n) is 10.4. The van der Waals surface area contributed by atoms with Crippen molar-refractivity contribution in [1.82, 2.24) is 5.32 Å². The summed E-state index contributed by atoms with van der Waals surface area (Å²) in [6.07, 6.45) is 2.68. The van der Waals surface area contributed by atoms with Gasteiger partial charge in [-0.05, 0) is 35.9 Å². The van der Waals surface area contributed by atoms with Crippen molar-refractivity contribution in [3.8, 4) is 0 Å². The molecule has 0 atom stereocenters. The fraction of sp³-hybridized carbons (Fsp3) is 0.429. The molecule has 1 aliphatic heterocycles. The van der Waals surface area contributed by atoms with E-state index in [1.165, 1.54) is 16.8 Å². The van der Waals surface area contributed by atoms with E-state index in [4.69, 9.17) is 5.73 Å². The predicted octanol–water partition coefficient (Wildman–Crippen LogP) is 1.81. The van der Waals surface area contributed by atoms with Gasteiger partial charge in [0.15, 0.2) is 0 Å². The third-order valence-electron chi connectivity index (χ3n) is 3.30. The maximum absolute atomic E-state index is 5.62. The predicted molar refractivity (Wildman–Crippen MR) is 74.0 cm³/mol. The number of benzene rings is 1. The van der Waals surface area contributed by atoms with Crippen LogP contribution in [0.4, 0.5) is 5.69 Å². The molecule has 1 aromatic rings. The van der Waals surface area contributed by atoms with Gasteiger partial charge in [0, 0.05) is 31.9 Å². The Balaban J connectivity index is 2.12. The third-order valence-corrected chi connectivity index (χ3v) is 3.30. The maximum atomic E-state index is 5.62. The number of anilines is 1. The van der Waals surface area contributed by atoms with Crippen LogP contribution in [0.2, 0.25) is 0 Å². The second-order valence-electron chi connectivity index (χ2n) is 4.33. The first-order chi connectivity index (χ1) is 8.35. The van der Waals surface area contributed by atoms with Gasteiger partial charge in [-0.2, -0.15) is 0 Å². The van der Waals surface area contributed by atoms with Crippen molar-refractivity contribution in [2.45, 2.75) is 13.3 Å². The number of nitrogens with one attached hydrogen (secondary N) is 1. The molecule has 3 nitrogen and oxygen atoms in total. The van der Waals surface area contributed by atoms with Gasteiger partial charge in [-0.3, -0.25) is 0 Å². The van der Waals surface area contributed by atoms with Gasteiger partial charge in [-0.15, -0.1) is 0 Å². The molecule has 0 aromatic heterocycles. The van der Waals surface area contributed by atoms with Gasteiger partial charge >= 0.3 is 0 Å². The quantitative estimate of drug-likeness (QED) is 0.833. The molecule has 1 aliphatic rings. The van der Waals surface area contributed by atoms with E-state index in [0.717, 1.165) is 32.6 Å². The Morgan fingerprint density at radius 2 is 1.94 bits per heavy atom. The van der Waals surface area contributed by atoms with Crippen LogP contribution in [0.15, 0.2) is 30.5 Å².